The zero-order chi connectivity index (χ0) is 51.5. The van der Waals surface area contributed by atoms with Crippen molar-refractivity contribution in [1.82, 2.24) is 0 Å². The third-order valence-electron chi connectivity index (χ3n) is 16.2. The lowest BCUT2D eigenvalue weighted by atomic mass is 9.69. The first-order valence-corrected chi connectivity index (χ1v) is 29.1. The number of nitrogens with two attached hydrogens (primary N) is 1. The second-order valence-corrected chi connectivity index (χ2v) is 23.9. The molecule has 386 valence electrons. The molecule has 0 fully saturated rings. The molecule has 1 unspecified atom stereocenters. The fourth-order valence-electron chi connectivity index (χ4n) is 10.9. The zero-order valence-corrected chi connectivity index (χ0v) is 48.2. The molecule has 1 heteroatoms. The first kappa shape index (κ1) is 58.7. The van der Waals surface area contributed by atoms with Crippen molar-refractivity contribution >= 4 is 28.5 Å². The highest BCUT2D eigenvalue weighted by Gasteiger charge is 2.43. The maximum Gasteiger partial charge on any atom is 0.0470 e. The van der Waals surface area contributed by atoms with Crippen molar-refractivity contribution in [3.8, 4) is 11.1 Å². The van der Waals surface area contributed by atoms with Gasteiger partial charge in [0.15, 0.2) is 0 Å². The molecule has 0 aliphatic heterocycles. The van der Waals surface area contributed by atoms with Gasteiger partial charge in [0, 0.05) is 22.2 Å². The Morgan fingerprint density at radius 3 is 1.67 bits per heavy atom. The lowest BCUT2D eigenvalue weighted by molar-refractivity contribution is 0.400. The van der Waals surface area contributed by atoms with Gasteiger partial charge in [0.05, 0.1) is 0 Å². The molecular weight excluding hydrogens is 843 g/mol. The number of rotatable bonds is 29. The van der Waals surface area contributed by atoms with E-state index in [-0.39, 0.29) is 16.2 Å². The van der Waals surface area contributed by atoms with Crippen molar-refractivity contribution in [2.75, 3.05) is 5.73 Å². The summed E-state index contributed by atoms with van der Waals surface area (Å²) < 4.78 is 0. The summed E-state index contributed by atoms with van der Waals surface area (Å²) in [4.78, 5) is 0. The van der Waals surface area contributed by atoms with Gasteiger partial charge in [0.1, 0.15) is 0 Å². The molecule has 2 N–H and O–H groups in total. The highest BCUT2D eigenvalue weighted by atomic mass is 14.6. The molecule has 3 aromatic carbocycles. The van der Waals surface area contributed by atoms with Crippen molar-refractivity contribution in [3.63, 3.8) is 0 Å². The van der Waals surface area contributed by atoms with Gasteiger partial charge in [-0.05, 0) is 144 Å². The lowest BCUT2D eigenvalue weighted by Crippen LogP contribution is -2.26. The molecule has 3 aromatic rings. The van der Waals surface area contributed by atoms with Crippen molar-refractivity contribution in [1.29, 1.82) is 0 Å². The van der Waals surface area contributed by atoms with Crippen LogP contribution >= 0.6 is 0 Å². The van der Waals surface area contributed by atoms with E-state index in [2.05, 4.69) is 183 Å². The summed E-state index contributed by atoms with van der Waals surface area (Å²) in [6, 6.07) is 19.8. The van der Waals surface area contributed by atoms with E-state index in [0.29, 0.717) is 5.92 Å². The summed E-state index contributed by atoms with van der Waals surface area (Å²) in [7, 11) is 0. The van der Waals surface area contributed by atoms with Gasteiger partial charge in [0.2, 0.25) is 0 Å². The number of hydrogen-bond donors (Lipinski definition) is 1. The Morgan fingerprint density at radius 1 is 0.571 bits per heavy atom. The van der Waals surface area contributed by atoms with E-state index in [9.17, 15) is 0 Å². The molecule has 1 aliphatic carbocycles. The monoisotopic (exact) mass is 948 g/mol. The molecule has 1 nitrogen and oxygen atoms in total. The Balaban J connectivity index is 1.95. The Hall–Kier alpha value is -3.84. The molecule has 0 amide bonds. The van der Waals surface area contributed by atoms with Gasteiger partial charge in [-0.15, -0.1) is 0 Å². The van der Waals surface area contributed by atoms with Crippen LogP contribution in [0, 0.1) is 11.3 Å². The Morgan fingerprint density at radius 2 is 1.11 bits per heavy atom. The summed E-state index contributed by atoms with van der Waals surface area (Å²) in [6.07, 6.45) is 39.3. The number of hydrogen-bond acceptors (Lipinski definition) is 1. The standard InChI is InChI=1S/C69H105N/c1-16-22-26-30-35-54(34-29-25-19-4)48-63-60(58(51(7)21-6)41-37-53(9)67(10,11)12)45-44-59(66(63)70)55(33-20-5)38-36-52(8)56-39-42-61-62-43-40-57(68(13,14)15)50-65(62)69(64(61)49-56,46-31-27-23-17-2)47-32-28-24-18-3/h36-45,48-51H,16-35,46-47,70H2,1-15H3/b52-36+,53-37+,54-48-,55-38+,58-41+. The first-order chi connectivity index (χ1) is 33.4. The quantitative estimate of drug-likeness (QED) is 0.0419. The van der Waals surface area contributed by atoms with E-state index < -0.39 is 0 Å². The van der Waals surface area contributed by atoms with E-state index in [1.165, 1.54) is 170 Å². The second kappa shape index (κ2) is 28.4. The molecule has 1 aliphatic rings. The average Bonchev–Trinajstić information content (AvgIpc) is 3.60. The fourth-order valence-corrected chi connectivity index (χ4v) is 10.9. The Labute approximate surface area is 433 Å². The number of allylic oxidation sites excluding steroid dienone is 9. The van der Waals surface area contributed by atoms with Crippen LogP contribution in [0.3, 0.4) is 0 Å². The van der Waals surface area contributed by atoms with Gasteiger partial charge >= 0.3 is 0 Å². The van der Waals surface area contributed by atoms with Crippen LogP contribution < -0.4 is 5.73 Å². The molecule has 0 radical (unpaired) electrons. The summed E-state index contributed by atoms with van der Waals surface area (Å²) >= 11 is 0. The van der Waals surface area contributed by atoms with Crippen LogP contribution in [0.2, 0.25) is 0 Å². The van der Waals surface area contributed by atoms with Crippen molar-refractivity contribution in [2.45, 2.75) is 256 Å². The smallest absolute Gasteiger partial charge is 0.0470 e. The predicted octanol–water partition coefficient (Wildman–Crippen LogP) is 22.4. The number of fused-ring (bicyclic) bond motifs is 3. The number of benzene rings is 3. The maximum atomic E-state index is 7.66. The zero-order valence-electron chi connectivity index (χ0n) is 48.2. The van der Waals surface area contributed by atoms with Crippen molar-refractivity contribution in [3.05, 3.63) is 123 Å². The third-order valence-corrected chi connectivity index (χ3v) is 16.2. The minimum Gasteiger partial charge on any atom is -0.398 e. The Bertz CT molecular complexity index is 2240. The number of unbranched alkanes of at least 4 members (excludes halogenated alkanes) is 11. The van der Waals surface area contributed by atoms with Crippen LogP contribution in [0.4, 0.5) is 5.69 Å². The molecule has 0 heterocycles. The minimum absolute atomic E-state index is 0.0439. The van der Waals surface area contributed by atoms with Crippen LogP contribution in [0.5, 0.6) is 0 Å². The number of nitrogen functional groups attached to an aromatic ring is 1. The third kappa shape index (κ3) is 15.8. The van der Waals surface area contributed by atoms with Gasteiger partial charge in [0.25, 0.3) is 0 Å². The van der Waals surface area contributed by atoms with E-state index in [1.807, 2.05) is 0 Å². The van der Waals surface area contributed by atoms with Gasteiger partial charge in [-0.3, -0.25) is 0 Å². The predicted molar refractivity (Wildman–Crippen MR) is 318 cm³/mol. The molecule has 4 rings (SSSR count). The largest absolute Gasteiger partial charge is 0.398 e. The maximum absolute atomic E-state index is 7.66. The molecule has 0 aromatic heterocycles. The molecule has 0 saturated carbocycles. The summed E-state index contributed by atoms with van der Waals surface area (Å²) in [5, 5.41) is 0. The summed E-state index contributed by atoms with van der Waals surface area (Å²) in [5.74, 6) is 0.401. The molecule has 0 spiro atoms. The SMILES string of the molecule is CCCCCC/C(=C\c1c(/C(=C/C=C(\C)C(C)(C)C)C(C)CC)ccc(/C(=C/C=C(\C)c2ccc3c(c2)C(CCCCCC)(CCCCCC)c2cc(C(C)(C)C)ccc2-3)CCC)c1N)CCCCC. The van der Waals surface area contributed by atoms with Crippen LogP contribution in [-0.4, -0.2) is 0 Å². The van der Waals surface area contributed by atoms with Crippen molar-refractivity contribution in [2.24, 2.45) is 11.3 Å². The Kier molecular flexibility index (Phi) is 23.8. The average molecular weight is 949 g/mol. The molecule has 0 saturated heterocycles. The molecule has 0 bridgehead atoms. The molecular formula is C69H105N. The van der Waals surface area contributed by atoms with E-state index in [1.54, 1.807) is 16.7 Å². The van der Waals surface area contributed by atoms with E-state index >= 15 is 0 Å². The highest BCUT2D eigenvalue weighted by Crippen LogP contribution is 2.55. The van der Waals surface area contributed by atoms with Gasteiger partial charge in [-0.2, -0.15) is 0 Å². The van der Waals surface area contributed by atoms with Crippen LogP contribution in [0.25, 0.3) is 33.9 Å². The van der Waals surface area contributed by atoms with Crippen LogP contribution in [-0.2, 0) is 10.8 Å². The van der Waals surface area contributed by atoms with E-state index in [0.717, 1.165) is 37.8 Å². The van der Waals surface area contributed by atoms with Gasteiger partial charge in [-0.1, -0.05) is 264 Å². The molecule has 70 heavy (non-hydrogen) atoms. The normalized spacial score (nSPS) is 15.2. The minimum atomic E-state index is 0.0439. The van der Waals surface area contributed by atoms with Crippen molar-refractivity contribution < 1.29 is 0 Å². The number of anilines is 1. The first-order valence-electron chi connectivity index (χ1n) is 29.1. The topological polar surface area (TPSA) is 26.0 Å². The second-order valence-electron chi connectivity index (χ2n) is 23.9. The van der Waals surface area contributed by atoms with Gasteiger partial charge in [-0.25, -0.2) is 0 Å². The molecule has 1 atom stereocenters. The van der Waals surface area contributed by atoms with Gasteiger partial charge < -0.3 is 5.73 Å². The lowest BCUT2D eigenvalue weighted by Gasteiger charge is -2.34. The fraction of sp³-hybridized carbons (Fsp3) is 0.594. The summed E-state index contributed by atoms with van der Waals surface area (Å²) in [6.45, 7) is 35.1. The van der Waals surface area contributed by atoms with E-state index in [4.69, 9.17) is 5.73 Å². The summed E-state index contributed by atoms with van der Waals surface area (Å²) in [5.41, 5.74) is 28.5. The van der Waals surface area contributed by atoms with Crippen LogP contribution in [0.15, 0.2) is 84.0 Å². The highest BCUT2D eigenvalue weighted by molar-refractivity contribution is 5.90. The van der Waals surface area contributed by atoms with Crippen LogP contribution in [0.1, 0.15) is 284 Å².